The van der Waals surface area contributed by atoms with Crippen molar-refractivity contribution in [1.29, 1.82) is 0 Å². The summed E-state index contributed by atoms with van der Waals surface area (Å²) in [6, 6.07) is 10.6. The molecule has 1 aliphatic rings. The third kappa shape index (κ3) is 2.13. The van der Waals surface area contributed by atoms with E-state index in [0.29, 0.717) is 0 Å². The first-order chi connectivity index (χ1) is 8.43. The van der Waals surface area contributed by atoms with Gasteiger partial charge in [-0.05, 0) is 36.1 Å². The monoisotopic (exact) mass is 227 g/mol. The van der Waals surface area contributed by atoms with Crippen molar-refractivity contribution in [3.05, 3.63) is 53.9 Å². The largest absolute Gasteiger partial charge is 0.385 e. The van der Waals surface area contributed by atoms with Crippen LogP contribution in [0.1, 0.15) is 17.5 Å². The Kier molecular flexibility index (Phi) is 2.74. The number of rotatable bonds is 3. The molecule has 2 aromatic rings. The summed E-state index contributed by atoms with van der Waals surface area (Å²) in [5.41, 5.74) is 7.49. The van der Waals surface area contributed by atoms with E-state index >= 15 is 0 Å². The molecule has 2 heterocycles. The number of hydrogen-bond acceptors (Lipinski definition) is 2. The van der Waals surface area contributed by atoms with Crippen LogP contribution in [-0.4, -0.2) is 11.2 Å². The van der Waals surface area contributed by atoms with Crippen molar-refractivity contribution in [1.82, 2.24) is 4.68 Å². The lowest BCUT2D eigenvalue weighted by molar-refractivity contribution is 0.810. The minimum absolute atomic E-state index is 0.852. The van der Waals surface area contributed by atoms with E-state index in [1.807, 2.05) is 29.2 Å². The van der Waals surface area contributed by atoms with Crippen LogP contribution < -0.4 is 10.7 Å². The van der Waals surface area contributed by atoms with Crippen LogP contribution in [0.2, 0.25) is 0 Å². The summed E-state index contributed by atoms with van der Waals surface area (Å²) in [4.78, 5) is 0. The Labute approximate surface area is 101 Å². The Bertz CT molecular complexity index is 488. The van der Waals surface area contributed by atoms with Gasteiger partial charge in [-0.3, -0.25) is 4.68 Å². The van der Waals surface area contributed by atoms with Gasteiger partial charge < -0.3 is 10.7 Å². The Morgan fingerprint density at radius 1 is 1.18 bits per heavy atom. The smallest absolute Gasteiger partial charge is 0.0584 e. The van der Waals surface area contributed by atoms with E-state index in [-0.39, 0.29) is 0 Å². The summed E-state index contributed by atoms with van der Waals surface area (Å²) in [6.07, 6.45) is 6.47. The van der Waals surface area contributed by atoms with E-state index in [4.69, 9.17) is 0 Å². The summed E-state index contributed by atoms with van der Waals surface area (Å²) < 4.78 is 1.99. The highest BCUT2D eigenvalue weighted by Crippen LogP contribution is 2.25. The van der Waals surface area contributed by atoms with Crippen LogP contribution in [0.3, 0.4) is 0 Å². The second-order valence-corrected chi connectivity index (χ2v) is 4.41. The third-order valence-electron chi connectivity index (χ3n) is 3.22. The molecule has 88 valence electrons. The maximum absolute atomic E-state index is 3.51. The first kappa shape index (κ1) is 10.3. The first-order valence-electron chi connectivity index (χ1n) is 6.15. The van der Waals surface area contributed by atoms with Gasteiger partial charge in [0.05, 0.1) is 6.54 Å². The standard InChI is InChI=1S/C14H17N3/c1-2-10-17(9-1)16-11-13-6-3-5-12-7-4-8-15-14(12)13/h1-3,5-6,9-10,15-16H,4,7-8,11H2. The zero-order chi connectivity index (χ0) is 11.5. The molecule has 3 rings (SSSR count). The quantitative estimate of drug-likeness (QED) is 0.844. The number of anilines is 1. The van der Waals surface area contributed by atoms with Crippen LogP contribution in [0.4, 0.5) is 5.69 Å². The van der Waals surface area contributed by atoms with Gasteiger partial charge in [0.1, 0.15) is 0 Å². The highest BCUT2D eigenvalue weighted by atomic mass is 15.4. The molecule has 3 heteroatoms. The molecular weight excluding hydrogens is 210 g/mol. The van der Waals surface area contributed by atoms with E-state index in [1.165, 1.54) is 29.7 Å². The number of nitrogens with one attached hydrogen (secondary N) is 2. The van der Waals surface area contributed by atoms with Crippen LogP contribution in [-0.2, 0) is 13.0 Å². The van der Waals surface area contributed by atoms with Crippen LogP contribution in [0.5, 0.6) is 0 Å². The summed E-state index contributed by atoms with van der Waals surface area (Å²) in [5.74, 6) is 0. The zero-order valence-corrected chi connectivity index (χ0v) is 9.82. The van der Waals surface area contributed by atoms with Crippen molar-refractivity contribution in [2.45, 2.75) is 19.4 Å². The number of nitrogens with zero attached hydrogens (tertiary/aromatic N) is 1. The molecule has 17 heavy (non-hydrogen) atoms. The Morgan fingerprint density at radius 3 is 2.94 bits per heavy atom. The summed E-state index contributed by atoms with van der Waals surface area (Å²) in [7, 11) is 0. The summed E-state index contributed by atoms with van der Waals surface area (Å²) >= 11 is 0. The summed E-state index contributed by atoms with van der Waals surface area (Å²) in [5, 5.41) is 3.51. The van der Waals surface area contributed by atoms with Gasteiger partial charge in [-0.2, -0.15) is 0 Å². The normalized spacial score (nSPS) is 13.9. The maximum atomic E-state index is 3.51. The molecule has 0 radical (unpaired) electrons. The van der Waals surface area contributed by atoms with Crippen molar-refractivity contribution in [2.75, 3.05) is 17.3 Å². The molecular formula is C14H17N3. The lowest BCUT2D eigenvalue weighted by Crippen LogP contribution is -2.17. The highest BCUT2D eigenvalue weighted by molar-refractivity contribution is 5.59. The predicted molar refractivity (Wildman–Crippen MR) is 70.7 cm³/mol. The van der Waals surface area contributed by atoms with Crippen LogP contribution in [0.15, 0.2) is 42.7 Å². The SMILES string of the molecule is c1cc2c(c(CNn3cccc3)c1)NCCC2. The lowest BCUT2D eigenvalue weighted by Gasteiger charge is -2.21. The molecule has 1 aliphatic heterocycles. The molecule has 0 atom stereocenters. The summed E-state index contributed by atoms with van der Waals surface area (Å²) in [6.45, 7) is 1.94. The van der Waals surface area contributed by atoms with Crippen molar-refractivity contribution in [2.24, 2.45) is 0 Å². The van der Waals surface area contributed by atoms with E-state index in [9.17, 15) is 0 Å². The average molecular weight is 227 g/mol. The van der Waals surface area contributed by atoms with Crippen molar-refractivity contribution in [3.63, 3.8) is 0 Å². The highest BCUT2D eigenvalue weighted by Gasteiger charge is 2.11. The molecule has 0 bridgehead atoms. The minimum atomic E-state index is 0.852. The van der Waals surface area contributed by atoms with Gasteiger partial charge in [-0.1, -0.05) is 18.2 Å². The van der Waals surface area contributed by atoms with Crippen molar-refractivity contribution >= 4 is 5.69 Å². The fourth-order valence-electron chi connectivity index (χ4n) is 2.34. The Balaban J connectivity index is 1.78. The van der Waals surface area contributed by atoms with Gasteiger partial charge in [0, 0.05) is 24.6 Å². The molecule has 0 fully saturated rings. The van der Waals surface area contributed by atoms with Crippen LogP contribution >= 0.6 is 0 Å². The van der Waals surface area contributed by atoms with Gasteiger partial charge in [0.2, 0.25) is 0 Å². The molecule has 3 nitrogen and oxygen atoms in total. The van der Waals surface area contributed by atoms with Gasteiger partial charge in [0.25, 0.3) is 0 Å². The third-order valence-corrected chi connectivity index (χ3v) is 3.22. The number of para-hydroxylation sites is 1. The number of benzene rings is 1. The van der Waals surface area contributed by atoms with Crippen molar-refractivity contribution in [3.8, 4) is 0 Å². The van der Waals surface area contributed by atoms with Crippen molar-refractivity contribution < 1.29 is 0 Å². The van der Waals surface area contributed by atoms with E-state index in [0.717, 1.165) is 13.1 Å². The number of aromatic nitrogens is 1. The molecule has 0 aliphatic carbocycles. The fraction of sp³-hybridized carbons (Fsp3) is 0.286. The maximum Gasteiger partial charge on any atom is 0.0584 e. The predicted octanol–water partition coefficient (Wildman–Crippen LogP) is 2.59. The molecule has 0 unspecified atom stereocenters. The number of hydrogen-bond donors (Lipinski definition) is 2. The Hall–Kier alpha value is -1.90. The molecule has 0 saturated carbocycles. The number of fused-ring (bicyclic) bond motifs is 1. The van der Waals surface area contributed by atoms with E-state index < -0.39 is 0 Å². The average Bonchev–Trinajstić information content (AvgIpc) is 2.89. The van der Waals surface area contributed by atoms with Crippen LogP contribution in [0, 0.1) is 0 Å². The lowest BCUT2D eigenvalue weighted by atomic mass is 9.99. The van der Waals surface area contributed by atoms with E-state index in [2.05, 4.69) is 28.9 Å². The minimum Gasteiger partial charge on any atom is -0.385 e. The van der Waals surface area contributed by atoms with Gasteiger partial charge in [0.15, 0.2) is 0 Å². The molecule has 0 amide bonds. The number of aryl methyl sites for hydroxylation is 1. The molecule has 1 aromatic heterocycles. The Morgan fingerprint density at radius 2 is 2.06 bits per heavy atom. The molecule has 2 N–H and O–H groups in total. The first-order valence-corrected chi connectivity index (χ1v) is 6.15. The second kappa shape index (κ2) is 4.53. The van der Waals surface area contributed by atoms with Crippen LogP contribution in [0.25, 0.3) is 0 Å². The molecule has 0 spiro atoms. The molecule has 0 saturated heterocycles. The zero-order valence-electron chi connectivity index (χ0n) is 9.82. The van der Waals surface area contributed by atoms with Gasteiger partial charge in [-0.15, -0.1) is 0 Å². The topological polar surface area (TPSA) is 29.0 Å². The van der Waals surface area contributed by atoms with Gasteiger partial charge in [-0.25, -0.2) is 0 Å². The second-order valence-electron chi connectivity index (χ2n) is 4.41. The van der Waals surface area contributed by atoms with E-state index in [1.54, 1.807) is 0 Å². The fourth-order valence-corrected chi connectivity index (χ4v) is 2.34. The molecule has 1 aromatic carbocycles. The van der Waals surface area contributed by atoms with Gasteiger partial charge >= 0.3 is 0 Å².